The fourth-order valence-corrected chi connectivity index (χ4v) is 2.13. The van der Waals surface area contributed by atoms with E-state index in [1.807, 2.05) is 0 Å². The largest absolute Gasteiger partial charge is 0.383 e. The molecule has 0 aliphatic carbocycles. The third kappa shape index (κ3) is 8.93. The predicted octanol–water partition coefficient (Wildman–Crippen LogP) is 2.67. The van der Waals surface area contributed by atoms with Crippen LogP contribution < -0.4 is 10.6 Å². The molecule has 0 atom stereocenters. The van der Waals surface area contributed by atoms with Crippen LogP contribution in [0.1, 0.15) is 23.6 Å². The Kier molecular flexibility index (Phi) is 11.3. The minimum Gasteiger partial charge on any atom is -0.383 e. The number of ether oxygens (including phenoxy) is 1. The second-order valence-electron chi connectivity index (χ2n) is 4.93. The molecule has 0 aliphatic rings. The lowest BCUT2D eigenvalue weighted by Crippen LogP contribution is -2.38. The molecular weight excluding hydrogens is 377 g/mol. The van der Waals surface area contributed by atoms with Gasteiger partial charge in [0.15, 0.2) is 5.96 Å². The van der Waals surface area contributed by atoms with E-state index in [2.05, 4.69) is 54.6 Å². The van der Waals surface area contributed by atoms with Crippen LogP contribution in [0.3, 0.4) is 0 Å². The van der Waals surface area contributed by atoms with Crippen LogP contribution in [-0.2, 0) is 11.2 Å². The Bertz CT molecular complexity index is 415. The second kappa shape index (κ2) is 11.8. The molecule has 0 saturated carbocycles. The van der Waals surface area contributed by atoms with Gasteiger partial charge in [-0.05, 0) is 32.8 Å². The van der Waals surface area contributed by atoms with Gasteiger partial charge in [-0.1, -0.05) is 29.3 Å². The average Bonchev–Trinajstić information content (AvgIpc) is 2.38. The Morgan fingerprint density at radius 2 is 1.81 bits per heavy atom. The van der Waals surface area contributed by atoms with Crippen molar-refractivity contribution in [3.8, 4) is 0 Å². The summed E-state index contributed by atoms with van der Waals surface area (Å²) in [5, 5.41) is 6.58. The van der Waals surface area contributed by atoms with Crippen molar-refractivity contribution >= 4 is 29.9 Å². The van der Waals surface area contributed by atoms with Crippen LogP contribution in [0.2, 0.25) is 0 Å². The summed E-state index contributed by atoms with van der Waals surface area (Å²) in [4.78, 5) is 4.44. The summed E-state index contributed by atoms with van der Waals surface area (Å²) < 4.78 is 5.01. The number of methoxy groups -OCH3 is 1. The van der Waals surface area contributed by atoms with Crippen molar-refractivity contribution in [2.75, 3.05) is 33.4 Å². The molecule has 2 N–H and O–H groups in total. The van der Waals surface area contributed by atoms with Gasteiger partial charge in [0, 0.05) is 20.2 Å². The van der Waals surface area contributed by atoms with Gasteiger partial charge in [0.1, 0.15) is 0 Å². The van der Waals surface area contributed by atoms with E-state index in [1.165, 1.54) is 16.7 Å². The molecule has 5 heteroatoms. The Labute approximate surface area is 145 Å². The molecule has 0 spiro atoms. The highest BCUT2D eigenvalue weighted by atomic mass is 127. The van der Waals surface area contributed by atoms with E-state index < -0.39 is 0 Å². The number of halogens is 1. The minimum absolute atomic E-state index is 0. The van der Waals surface area contributed by atoms with Crippen LogP contribution in [0.5, 0.6) is 0 Å². The third-order valence-corrected chi connectivity index (χ3v) is 2.90. The van der Waals surface area contributed by atoms with Gasteiger partial charge in [-0.2, -0.15) is 0 Å². The van der Waals surface area contributed by atoms with Gasteiger partial charge >= 0.3 is 0 Å². The SMILES string of the molecule is CCNC(=NCCOC)NCCc1cc(C)cc(C)c1.I. The molecule has 1 aromatic rings. The van der Waals surface area contributed by atoms with Gasteiger partial charge in [-0.25, -0.2) is 0 Å². The summed E-state index contributed by atoms with van der Waals surface area (Å²) in [6, 6.07) is 6.68. The van der Waals surface area contributed by atoms with Gasteiger partial charge < -0.3 is 15.4 Å². The van der Waals surface area contributed by atoms with Crippen molar-refractivity contribution in [1.82, 2.24) is 10.6 Å². The summed E-state index contributed by atoms with van der Waals surface area (Å²) in [6.07, 6.45) is 0.997. The smallest absolute Gasteiger partial charge is 0.191 e. The number of nitrogens with zero attached hydrogens (tertiary/aromatic N) is 1. The molecule has 0 radical (unpaired) electrons. The normalized spacial score (nSPS) is 11.0. The Balaban J connectivity index is 0.00000400. The van der Waals surface area contributed by atoms with Gasteiger partial charge in [-0.15, -0.1) is 24.0 Å². The number of rotatable bonds is 7. The molecule has 0 fully saturated rings. The molecule has 0 amide bonds. The molecule has 4 nitrogen and oxygen atoms in total. The molecule has 0 unspecified atom stereocenters. The number of nitrogens with one attached hydrogen (secondary N) is 2. The van der Waals surface area contributed by atoms with E-state index in [0.717, 1.165) is 25.5 Å². The summed E-state index contributed by atoms with van der Waals surface area (Å²) in [5.41, 5.74) is 4.00. The van der Waals surface area contributed by atoms with Crippen molar-refractivity contribution in [1.29, 1.82) is 0 Å². The van der Waals surface area contributed by atoms with E-state index >= 15 is 0 Å². The highest BCUT2D eigenvalue weighted by molar-refractivity contribution is 14.0. The maximum atomic E-state index is 5.01. The van der Waals surface area contributed by atoms with Crippen molar-refractivity contribution in [2.45, 2.75) is 27.2 Å². The Morgan fingerprint density at radius 3 is 2.38 bits per heavy atom. The fourth-order valence-electron chi connectivity index (χ4n) is 2.13. The Morgan fingerprint density at radius 1 is 1.14 bits per heavy atom. The van der Waals surface area contributed by atoms with Crippen molar-refractivity contribution in [3.63, 3.8) is 0 Å². The fraction of sp³-hybridized carbons (Fsp3) is 0.562. The maximum Gasteiger partial charge on any atom is 0.191 e. The molecule has 1 aromatic carbocycles. The zero-order chi connectivity index (χ0) is 14.8. The van der Waals surface area contributed by atoms with E-state index in [4.69, 9.17) is 4.74 Å². The van der Waals surface area contributed by atoms with E-state index in [9.17, 15) is 0 Å². The number of hydrogen-bond acceptors (Lipinski definition) is 2. The van der Waals surface area contributed by atoms with Gasteiger partial charge in [0.25, 0.3) is 0 Å². The topological polar surface area (TPSA) is 45.7 Å². The lowest BCUT2D eigenvalue weighted by molar-refractivity contribution is 0.208. The van der Waals surface area contributed by atoms with Crippen LogP contribution in [0, 0.1) is 13.8 Å². The molecule has 1 rings (SSSR count). The van der Waals surface area contributed by atoms with Gasteiger partial charge in [0.2, 0.25) is 0 Å². The monoisotopic (exact) mass is 405 g/mol. The zero-order valence-corrected chi connectivity index (χ0v) is 15.9. The van der Waals surface area contributed by atoms with Crippen molar-refractivity contribution < 1.29 is 4.74 Å². The predicted molar refractivity (Wildman–Crippen MR) is 101 cm³/mol. The van der Waals surface area contributed by atoms with E-state index in [1.54, 1.807) is 7.11 Å². The first-order valence-corrected chi connectivity index (χ1v) is 7.24. The highest BCUT2D eigenvalue weighted by Crippen LogP contribution is 2.08. The highest BCUT2D eigenvalue weighted by Gasteiger charge is 1.99. The molecule has 0 bridgehead atoms. The van der Waals surface area contributed by atoms with E-state index in [-0.39, 0.29) is 24.0 Å². The lowest BCUT2D eigenvalue weighted by Gasteiger charge is -2.11. The molecule has 0 aliphatic heterocycles. The summed E-state index contributed by atoms with van der Waals surface area (Å²) in [7, 11) is 1.69. The summed E-state index contributed by atoms with van der Waals surface area (Å²) in [5.74, 6) is 0.855. The van der Waals surface area contributed by atoms with Gasteiger partial charge in [0.05, 0.1) is 13.2 Å². The number of aryl methyl sites for hydroxylation is 2. The zero-order valence-electron chi connectivity index (χ0n) is 13.5. The first-order valence-electron chi connectivity index (χ1n) is 7.24. The van der Waals surface area contributed by atoms with Crippen molar-refractivity contribution in [3.05, 3.63) is 34.9 Å². The maximum absolute atomic E-state index is 5.01. The standard InChI is InChI=1S/C16H27N3O.HI/c1-5-17-16(19-8-9-20-4)18-7-6-15-11-13(2)10-14(3)12-15;/h10-12H,5-9H2,1-4H3,(H2,17,18,19);1H. The number of guanidine groups is 1. The molecule has 0 saturated heterocycles. The number of hydrogen-bond donors (Lipinski definition) is 2. The van der Waals surface area contributed by atoms with Gasteiger partial charge in [-0.3, -0.25) is 4.99 Å². The number of benzene rings is 1. The first-order chi connectivity index (χ1) is 9.65. The molecular formula is C16H28IN3O. The molecule has 0 heterocycles. The van der Waals surface area contributed by atoms with Crippen molar-refractivity contribution in [2.24, 2.45) is 4.99 Å². The summed E-state index contributed by atoms with van der Waals surface area (Å²) >= 11 is 0. The van der Waals surface area contributed by atoms with Crippen LogP contribution in [0.4, 0.5) is 0 Å². The average molecular weight is 405 g/mol. The lowest BCUT2D eigenvalue weighted by atomic mass is 10.1. The number of aliphatic imine (C=N–C) groups is 1. The Hall–Kier alpha value is -0.820. The summed E-state index contributed by atoms with van der Waals surface area (Å²) in [6.45, 7) is 9.41. The van der Waals surface area contributed by atoms with Crippen LogP contribution in [0.15, 0.2) is 23.2 Å². The third-order valence-electron chi connectivity index (χ3n) is 2.90. The minimum atomic E-state index is 0. The molecule has 120 valence electrons. The first kappa shape index (κ1) is 20.2. The van der Waals surface area contributed by atoms with Crippen LogP contribution >= 0.6 is 24.0 Å². The van der Waals surface area contributed by atoms with E-state index in [0.29, 0.717) is 13.2 Å². The molecule has 0 aromatic heterocycles. The van der Waals surface area contributed by atoms with Crippen LogP contribution in [0.25, 0.3) is 0 Å². The quantitative estimate of drug-likeness (QED) is 0.317. The molecule has 21 heavy (non-hydrogen) atoms. The second-order valence-corrected chi connectivity index (χ2v) is 4.93. The van der Waals surface area contributed by atoms with Crippen LogP contribution in [-0.4, -0.2) is 39.3 Å².